The molecule has 0 unspecified atom stereocenters. The van der Waals surface area contributed by atoms with Crippen LogP contribution in [0, 0.1) is 6.92 Å². The van der Waals surface area contributed by atoms with Gasteiger partial charge < -0.3 is 4.74 Å². The lowest BCUT2D eigenvalue weighted by molar-refractivity contribution is 0.102. The largest absolute Gasteiger partial charge is 0.493 e. The third-order valence-corrected chi connectivity index (χ3v) is 3.83. The van der Waals surface area contributed by atoms with Crippen LogP contribution in [0.15, 0.2) is 24.3 Å². The predicted octanol–water partition coefficient (Wildman–Crippen LogP) is 3.72. The zero-order valence-corrected chi connectivity index (χ0v) is 11.5. The fourth-order valence-electron chi connectivity index (χ4n) is 1.76. The third-order valence-electron chi connectivity index (χ3n) is 2.53. The number of ketones is 1. The SMILES string of the molecule is CCOc1ccccc1-c1nc(C)c(C(C)=O)s1. The van der Waals surface area contributed by atoms with Gasteiger partial charge in [-0.25, -0.2) is 4.98 Å². The van der Waals surface area contributed by atoms with E-state index in [9.17, 15) is 4.79 Å². The number of rotatable bonds is 4. The number of hydrogen-bond acceptors (Lipinski definition) is 4. The number of aromatic nitrogens is 1. The zero-order valence-electron chi connectivity index (χ0n) is 10.7. The summed E-state index contributed by atoms with van der Waals surface area (Å²) in [6.07, 6.45) is 0. The number of benzene rings is 1. The van der Waals surface area contributed by atoms with E-state index in [-0.39, 0.29) is 5.78 Å². The zero-order chi connectivity index (χ0) is 13.1. The highest BCUT2D eigenvalue weighted by molar-refractivity contribution is 7.17. The molecule has 0 amide bonds. The van der Waals surface area contributed by atoms with Crippen LogP contribution in [0.1, 0.15) is 29.2 Å². The van der Waals surface area contributed by atoms with E-state index in [1.807, 2.05) is 38.1 Å². The standard InChI is InChI=1S/C14H15NO2S/c1-4-17-12-8-6-5-7-11(12)14-15-9(2)13(18-14)10(3)16/h5-8H,4H2,1-3H3. The van der Waals surface area contributed by atoms with Gasteiger partial charge in [-0.05, 0) is 26.0 Å². The molecule has 0 aliphatic carbocycles. The molecule has 94 valence electrons. The number of nitrogens with zero attached hydrogens (tertiary/aromatic N) is 1. The number of aryl methyl sites for hydroxylation is 1. The Hall–Kier alpha value is -1.68. The molecule has 0 atom stereocenters. The van der Waals surface area contributed by atoms with E-state index >= 15 is 0 Å². The van der Waals surface area contributed by atoms with Crippen molar-refractivity contribution in [1.29, 1.82) is 0 Å². The normalized spacial score (nSPS) is 10.4. The number of Topliss-reactive ketones (excluding diaryl/α,β-unsaturated/α-hetero) is 1. The molecule has 0 N–H and O–H groups in total. The molecule has 0 aliphatic heterocycles. The first-order valence-corrected chi connectivity index (χ1v) is 6.65. The van der Waals surface area contributed by atoms with Crippen LogP contribution in [0.4, 0.5) is 0 Å². The van der Waals surface area contributed by atoms with Gasteiger partial charge >= 0.3 is 0 Å². The number of thiazole rings is 1. The molecule has 4 heteroatoms. The van der Waals surface area contributed by atoms with Crippen LogP contribution in [0.5, 0.6) is 5.75 Å². The van der Waals surface area contributed by atoms with Crippen LogP contribution in [0.3, 0.4) is 0 Å². The molecular weight excluding hydrogens is 246 g/mol. The molecule has 0 aliphatic rings. The van der Waals surface area contributed by atoms with Crippen LogP contribution in [-0.2, 0) is 0 Å². The van der Waals surface area contributed by atoms with Gasteiger partial charge in [0.05, 0.1) is 22.7 Å². The minimum absolute atomic E-state index is 0.0603. The lowest BCUT2D eigenvalue weighted by Crippen LogP contribution is -1.93. The first-order chi connectivity index (χ1) is 8.63. The van der Waals surface area contributed by atoms with E-state index in [1.165, 1.54) is 11.3 Å². The molecule has 18 heavy (non-hydrogen) atoms. The average molecular weight is 261 g/mol. The highest BCUT2D eigenvalue weighted by atomic mass is 32.1. The molecule has 2 aromatic rings. The van der Waals surface area contributed by atoms with E-state index < -0.39 is 0 Å². The summed E-state index contributed by atoms with van der Waals surface area (Å²) in [5, 5.41) is 0.835. The molecule has 0 saturated carbocycles. The van der Waals surface area contributed by atoms with Gasteiger partial charge in [-0.3, -0.25) is 4.79 Å². The molecule has 1 aromatic carbocycles. The molecule has 0 bridgehead atoms. The maximum atomic E-state index is 11.5. The topological polar surface area (TPSA) is 39.2 Å². The Morgan fingerprint density at radius 2 is 2.11 bits per heavy atom. The van der Waals surface area contributed by atoms with Gasteiger partial charge in [0.25, 0.3) is 0 Å². The van der Waals surface area contributed by atoms with Crippen LogP contribution in [0.25, 0.3) is 10.6 Å². The summed E-state index contributed by atoms with van der Waals surface area (Å²) in [4.78, 5) is 16.6. The second-order valence-corrected chi connectivity index (χ2v) is 4.92. The number of carbonyl (C=O) groups excluding carboxylic acids is 1. The predicted molar refractivity (Wildman–Crippen MR) is 73.5 cm³/mol. The summed E-state index contributed by atoms with van der Waals surface area (Å²) in [7, 11) is 0. The summed E-state index contributed by atoms with van der Waals surface area (Å²) in [5.41, 5.74) is 1.73. The highest BCUT2D eigenvalue weighted by Crippen LogP contribution is 2.34. The van der Waals surface area contributed by atoms with E-state index in [1.54, 1.807) is 6.92 Å². The van der Waals surface area contributed by atoms with Crippen molar-refractivity contribution < 1.29 is 9.53 Å². The van der Waals surface area contributed by atoms with Crippen molar-refractivity contribution in [3.8, 4) is 16.3 Å². The average Bonchev–Trinajstić information content (AvgIpc) is 2.72. The van der Waals surface area contributed by atoms with Crippen molar-refractivity contribution in [2.24, 2.45) is 0 Å². The summed E-state index contributed by atoms with van der Waals surface area (Å²) >= 11 is 1.42. The van der Waals surface area contributed by atoms with Gasteiger partial charge in [0.1, 0.15) is 10.8 Å². The Morgan fingerprint density at radius 3 is 2.72 bits per heavy atom. The van der Waals surface area contributed by atoms with Gasteiger partial charge in [-0.15, -0.1) is 11.3 Å². The van der Waals surface area contributed by atoms with Gasteiger partial charge in [0.15, 0.2) is 5.78 Å². The van der Waals surface area contributed by atoms with Crippen molar-refractivity contribution in [1.82, 2.24) is 4.98 Å². The van der Waals surface area contributed by atoms with Crippen LogP contribution in [0.2, 0.25) is 0 Å². The third kappa shape index (κ3) is 2.43. The molecule has 0 spiro atoms. The Bertz CT molecular complexity index is 575. The van der Waals surface area contributed by atoms with Crippen molar-refractivity contribution in [3.05, 3.63) is 34.8 Å². The van der Waals surface area contributed by atoms with Gasteiger partial charge in [0.2, 0.25) is 0 Å². The lowest BCUT2D eigenvalue weighted by Gasteiger charge is -2.07. The molecule has 1 aromatic heterocycles. The highest BCUT2D eigenvalue weighted by Gasteiger charge is 2.15. The van der Waals surface area contributed by atoms with Gasteiger partial charge in [-0.1, -0.05) is 12.1 Å². The van der Waals surface area contributed by atoms with Crippen molar-refractivity contribution in [2.45, 2.75) is 20.8 Å². The molecular formula is C14H15NO2S. The summed E-state index contributed by atoms with van der Waals surface area (Å²) in [6, 6.07) is 7.76. The van der Waals surface area contributed by atoms with E-state index in [2.05, 4.69) is 4.98 Å². The quantitative estimate of drug-likeness (QED) is 0.787. The fourth-order valence-corrected chi connectivity index (χ4v) is 2.75. The molecule has 2 rings (SSSR count). The Labute approximate surface area is 110 Å². The molecule has 0 fully saturated rings. The van der Waals surface area contributed by atoms with Crippen molar-refractivity contribution in [3.63, 3.8) is 0 Å². The number of para-hydroxylation sites is 1. The van der Waals surface area contributed by atoms with Crippen molar-refractivity contribution in [2.75, 3.05) is 6.61 Å². The number of hydrogen-bond donors (Lipinski definition) is 0. The van der Waals surface area contributed by atoms with Crippen LogP contribution >= 0.6 is 11.3 Å². The smallest absolute Gasteiger partial charge is 0.171 e. The molecule has 0 radical (unpaired) electrons. The van der Waals surface area contributed by atoms with Crippen LogP contribution in [-0.4, -0.2) is 17.4 Å². The fraction of sp³-hybridized carbons (Fsp3) is 0.286. The first kappa shape index (κ1) is 12.8. The molecule has 3 nitrogen and oxygen atoms in total. The van der Waals surface area contributed by atoms with Crippen molar-refractivity contribution >= 4 is 17.1 Å². The number of carbonyl (C=O) groups is 1. The van der Waals surface area contributed by atoms with Gasteiger partial charge in [0, 0.05) is 6.92 Å². The van der Waals surface area contributed by atoms with E-state index in [0.29, 0.717) is 6.61 Å². The summed E-state index contributed by atoms with van der Waals surface area (Å²) in [6.45, 7) is 5.99. The first-order valence-electron chi connectivity index (χ1n) is 5.84. The maximum absolute atomic E-state index is 11.5. The molecule has 1 heterocycles. The monoisotopic (exact) mass is 261 g/mol. The Kier molecular flexibility index (Phi) is 3.77. The summed E-state index contributed by atoms with van der Waals surface area (Å²) in [5.74, 6) is 0.869. The maximum Gasteiger partial charge on any atom is 0.171 e. The van der Waals surface area contributed by atoms with Crippen LogP contribution < -0.4 is 4.74 Å². The Balaban J connectivity index is 2.48. The van der Waals surface area contributed by atoms with E-state index in [0.717, 1.165) is 26.9 Å². The number of ether oxygens (including phenoxy) is 1. The minimum Gasteiger partial charge on any atom is -0.493 e. The second kappa shape index (κ2) is 5.31. The second-order valence-electron chi connectivity index (χ2n) is 3.92. The summed E-state index contributed by atoms with van der Waals surface area (Å²) < 4.78 is 5.58. The lowest BCUT2D eigenvalue weighted by atomic mass is 10.2. The molecule has 0 saturated heterocycles. The Morgan fingerprint density at radius 1 is 1.39 bits per heavy atom. The van der Waals surface area contributed by atoms with Gasteiger partial charge in [-0.2, -0.15) is 0 Å². The minimum atomic E-state index is 0.0603. The van der Waals surface area contributed by atoms with E-state index in [4.69, 9.17) is 4.74 Å².